The SMILES string of the molecule is COc1ccc(CC(=O)NC(C)C(=O)NN=Cc2cc(Br)cc(OC)c2O)cc1. The van der Waals surface area contributed by atoms with Crippen LogP contribution in [0, 0.1) is 0 Å². The highest BCUT2D eigenvalue weighted by atomic mass is 79.9. The van der Waals surface area contributed by atoms with E-state index in [4.69, 9.17) is 9.47 Å². The van der Waals surface area contributed by atoms with Gasteiger partial charge in [0.05, 0.1) is 26.9 Å². The topological polar surface area (TPSA) is 109 Å². The number of methoxy groups -OCH3 is 2. The van der Waals surface area contributed by atoms with Crippen molar-refractivity contribution in [2.45, 2.75) is 19.4 Å². The summed E-state index contributed by atoms with van der Waals surface area (Å²) < 4.78 is 10.8. The highest BCUT2D eigenvalue weighted by Crippen LogP contribution is 2.32. The molecule has 0 saturated carbocycles. The van der Waals surface area contributed by atoms with Crippen LogP contribution < -0.4 is 20.2 Å². The largest absolute Gasteiger partial charge is 0.504 e. The number of benzene rings is 2. The van der Waals surface area contributed by atoms with Gasteiger partial charge in [0.25, 0.3) is 5.91 Å². The maximum Gasteiger partial charge on any atom is 0.262 e. The number of carbonyl (C=O) groups is 2. The zero-order chi connectivity index (χ0) is 21.4. The Morgan fingerprint density at radius 3 is 2.52 bits per heavy atom. The molecule has 3 N–H and O–H groups in total. The van der Waals surface area contributed by atoms with Crippen LogP contribution in [0.2, 0.25) is 0 Å². The van der Waals surface area contributed by atoms with Crippen LogP contribution in [0.25, 0.3) is 0 Å². The molecule has 2 amide bonds. The Morgan fingerprint density at radius 2 is 1.90 bits per heavy atom. The summed E-state index contributed by atoms with van der Waals surface area (Å²) in [5, 5.41) is 16.5. The summed E-state index contributed by atoms with van der Waals surface area (Å²) in [6, 6.07) is 9.53. The first-order valence-electron chi connectivity index (χ1n) is 8.65. The molecule has 1 unspecified atom stereocenters. The van der Waals surface area contributed by atoms with Gasteiger partial charge in [-0.15, -0.1) is 0 Å². The van der Waals surface area contributed by atoms with E-state index in [1.165, 1.54) is 13.3 Å². The molecular formula is C20H22BrN3O5. The summed E-state index contributed by atoms with van der Waals surface area (Å²) in [5.41, 5.74) is 3.48. The lowest BCUT2D eigenvalue weighted by molar-refractivity contribution is -0.128. The number of aromatic hydroxyl groups is 1. The van der Waals surface area contributed by atoms with Gasteiger partial charge in [-0.3, -0.25) is 9.59 Å². The van der Waals surface area contributed by atoms with E-state index in [9.17, 15) is 14.7 Å². The molecule has 8 nitrogen and oxygen atoms in total. The van der Waals surface area contributed by atoms with Crippen molar-refractivity contribution in [3.63, 3.8) is 0 Å². The summed E-state index contributed by atoms with van der Waals surface area (Å²) in [7, 11) is 3.00. The zero-order valence-electron chi connectivity index (χ0n) is 16.2. The Hall–Kier alpha value is -3.07. The van der Waals surface area contributed by atoms with Crippen molar-refractivity contribution in [2.75, 3.05) is 14.2 Å². The molecule has 0 aliphatic carbocycles. The number of halogens is 1. The first-order chi connectivity index (χ1) is 13.8. The van der Waals surface area contributed by atoms with Crippen LogP contribution in [-0.4, -0.2) is 43.4 Å². The lowest BCUT2D eigenvalue weighted by Gasteiger charge is -2.12. The van der Waals surface area contributed by atoms with Crippen LogP contribution in [0.5, 0.6) is 17.2 Å². The smallest absolute Gasteiger partial charge is 0.262 e. The lowest BCUT2D eigenvalue weighted by Crippen LogP contribution is -2.43. The van der Waals surface area contributed by atoms with Crippen molar-refractivity contribution in [2.24, 2.45) is 5.10 Å². The summed E-state index contributed by atoms with van der Waals surface area (Å²) in [5.74, 6) is 0.0803. The lowest BCUT2D eigenvalue weighted by atomic mass is 10.1. The Morgan fingerprint density at radius 1 is 1.21 bits per heavy atom. The van der Waals surface area contributed by atoms with Crippen molar-refractivity contribution in [3.05, 3.63) is 52.0 Å². The van der Waals surface area contributed by atoms with Crippen molar-refractivity contribution in [3.8, 4) is 17.2 Å². The van der Waals surface area contributed by atoms with Crippen LogP contribution in [-0.2, 0) is 16.0 Å². The first-order valence-corrected chi connectivity index (χ1v) is 9.45. The van der Waals surface area contributed by atoms with Gasteiger partial charge in [-0.05, 0) is 36.8 Å². The molecule has 0 bridgehead atoms. The Labute approximate surface area is 177 Å². The van der Waals surface area contributed by atoms with E-state index < -0.39 is 11.9 Å². The Bertz CT molecular complexity index is 900. The average molecular weight is 464 g/mol. The van der Waals surface area contributed by atoms with E-state index in [0.29, 0.717) is 15.8 Å². The maximum absolute atomic E-state index is 12.1. The minimum absolute atomic E-state index is 0.102. The molecule has 154 valence electrons. The second-order valence-electron chi connectivity index (χ2n) is 6.09. The van der Waals surface area contributed by atoms with E-state index >= 15 is 0 Å². The van der Waals surface area contributed by atoms with Crippen molar-refractivity contribution in [1.29, 1.82) is 0 Å². The normalized spacial score (nSPS) is 11.7. The Kier molecular flexibility index (Phi) is 8.02. The van der Waals surface area contributed by atoms with E-state index in [-0.39, 0.29) is 23.8 Å². The zero-order valence-corrected chi connectivity index (χ0v) is 17.8. The molecule has 0 aliphatic heterocycles. The van der Waals surface area contributed by atoms with Crippen molar-refractivity contribution < 1.29 is 24.2 Å². The number of amides is 2. The van der Waals surface area contributed by atoms with Gasteiger partial charge in [0.15, 0.2) is 11.5 Å². The molecule has 0 aliphatic rings. The number of hydrazone groups is 1. The molecule has 2 aromatic rings. The van der Waals surface area contributed by atoms with Crippen molar-refractivity contribution in [1.82, 2.24) is 10.7 Å². The summed E-state index contributed by atoms with van der Waals surface area (Å²) in [6.07, 6.45) is 1.42. The fraction of sp³-hybridized carbons (Fsp3) is 0.250. The third-order valence-corrected chi connectivity index (χ3v) is 4.42. The first kappa shape index (κ1) is 22.2. The van der Waals surface area contributed by atoms with Crippen LogP contribution in [0.3, 0.4) is 0 Å². The summed E-state index contributed by atoms with van der Waals surface area (Å²) in [6.45, 7) is 1.55. The molecule has 0 fully saturated rings. The van der Waals surface area contributed by atoms with Gasteiger partial charge in [-0.2, -0.15) is 5.10 Å². The van der Waals surface area contributed by atoms with E-state index in [2.05, 4.69) is 31.8 Å². The van der Waals surface area contributed by atoms with E-state index in [1.54, 1.807) is 50.4 Å². The summed E-state index contributed by atoms with van der Waals surface area (Å²) in [4.78, 5) is 24.2. The molecule has 29 heavy (non-hydrogen) atoms. The van der Waals surface area contributed by atoms with Crippen molar-refractivity contribution >= 4 is 34.0 Å². The van der Waals surface area contributed by atoms with Crippen LogP contribution in [0.15, 0.2) is 46.0 Å². The Balaban J connectivity index is 1.89. The molecule has 1 atom stereocenters. The highest BCUT2D eigenvalue weighted by Gasteiger charge is 2.15. The number of hydrogen-bond donors (Lipinski definition) is 3. The number of carbonyl (C=O) groups excluding carboxylic acids is 2. The molecule has 0 spiro atoms. The molecule has 2 aromatic carbocycles. The molecule has 0 radical (unpaired) electrons. The maximum atomic E-state index is 12.1. The van der Waals surface area contributed by atoms with Gasteiger partial charge in [0, 0.05) is 10.0 Å². The van der Waals surface area contributed by atoms with Gasteiger partial charge in [0.1, 0.15) is 11.8 Å². The average Bonchev–Trinajstić information content (AvgIpc) is 2.70. The second-order valence-corrected chi connectivity index (χ2v) is 7.01. The third-order valence-electron chi connectivity index (χ3n) is 3.96. The number of nitrogens with zero attached hydrogens (tertiary/aromatic N) is 1. The molecule has 0 heterocycles. The highest BCUT2D eigenvalue weighted by molar-refractivity contribution is 9.10. The van der Waals surface area contributed by atoms with Gasteiger partial charge < -0.3 is 19.9 Å². The predicted molar refractivity (Wildman–Crippen MR) is 112 cm³/mol. The van der Waals surface area contributed by atoms with Crippen LogP contribution in [0.1, 0.15) is 18.1 Å². The van der Waals surface area contributed by atoms with Crippen LogP contribution >= 0.6 is 15.9 Å². The molecule has 2 rings (SSSR count). The van der Waals surface area contributed by atoms with Gasteiger partial charge in [-0.25, -0.2) is 5.43 Å². The monoisotopic (exact) mass is 463 g/mol. The van der Waals surface area contributed by atoms with Gasteiger partial charge in [0.2, 0.25) is 5.91 Å². The number of phenolic OH excluding ortho intramolecular Hbond substituents is 1. The molecule has 0 saturated heterocycles. The fourth-order valence-electron chi connectivity index (χ4n) is 2.40. The predicted octanol–water partition coefficient (Wildman–Crippen LogP) is 2.37. The molecular weight excluding hydrogens is 442 g/mol. The second kappa shape index (κ2) is 10.5. The van der Waals surface area contributed by atoms with Gasteiger partial charge >= 0.3 is 0 Å². The molecule has 0 aromatic heterocycles. The third kappa shape index (κ3) is 6.49. The quantitative estimate of drug-likeness (QED) is 0.411. The number of rotatable bonds is 8. The number of hydrogen-bond acceptors (Lipinski definition) is 6. The van der Waals surface area contributed by atoms with Gasteiger partial charge in [-0.1, -0.05) is 28.1 Å². The van der Waals surface area contributed by atoms with E-state index in [0.717, 1.165) is 5.56 Å². The number of nitrogens with one attached hydrogen (secondary N) is 2. The van der Waals surface area contributed by atoms with Crippen LogP contribution in [0.4, 0.5) is 0 Å². The minimum Gasteiger partial charge on any atom is -0.504 e. The number of phenols is 1. The summed E-state index contributed by atoms with van der Waals surface area (Å²) >= 11 is 3.30. The van der Waals surface area contributed by atoms with E-state index in [1.807, 2.05) is 0 Å². The number of ether oxygens (including phenoxy) is 2. The minimum atomic E-state index is -0.788. The molecule has 9 heteroatoms. The fourth-order valence-corrected chi connectivity index (χ4v) is 2.85. The standard InChI is InChI=1S/C20H22BrN3O5/c1-12(23-18(25)8-13-4-6-16(28-2)7-5-13)20(27)24-22-11-14-9-15(21)10-17(29-3)19(14)26/h4-7,9-12,26H,8H2,1-3H3,(H,23,25)(H,24,27).